The van der Waals surface area contributed by atoms with Gasteiger partial charge in [-0.15, -0.1) is 4.68 Å². The summed E-state index contributed by atoms with van der Waals surface area (Å²) >= 11 is 0. The van der Waals surface area contributed by atoms with Crippen molar-refractivity contribution in [1.29, 1.82) is 0 Å². The molecule has 0 radical (unpaired) electrons. The van der Waals surface area contributed by atoms with Crippen molar-refractivity contribution in [2.75, 3.05) is 0 Å². The number of hydrogen-bond donors (Lipinski definition) is 0. The van der Waals surface area contributed by atoms with E-state index >= 15 is 0 Å². The van der Waals surface area contributed by atoms with Crippen molar-refractivity contribution < 1.29 is 13.5 Å². The van der Waals surface area contributed by atoms with Crippen molar-refractivity contribution >= 4 is 5.52 Å². The maximum Gasteiger partial charge on any atom is 0.387 e. The first kappa shape index (κ1) is 17.8. The quantitative estimate of drug-likeness (QED) is 0.541. The first-order chi connectivity index (χ1) is 13.5. The number of fused-ring (bicyclic) bond motifs is 1. The van der Waals surface area contributed by atoms with Gasteiger partial charge in [-0.05, 0) is 43.2 Å². The molecule has 1 aromatic carbocycles. The number of aromatic nitrogens is 5. The summed E-state index contributed by atoms with van der Waals surface area (Å²) in [7, 11) is 0. The van der Waals surface area contributed by atoms with Crippen LogP contribution in [0.2, 0.25) is 0 Å². The molecule has 142 valence electrons. The molecule has 0 bridgehead atoms. The molecule has 0 aliphatic rings. The summed E-state index contributed by atoms with van der Waals surface area (Å²) in [5.74, 6) is 0.212. The third-order valence-corrected chi connectivity index (χ3v) is 4.45. The van der Waals surface area contributed by atoms with Crippen molar-refractivity contribution in [2.24, 2.45) is 0 Å². The van der Waals surface area contributed by atoms with Gasteiger partial charge in [-0.2, -0.15) is 13.9 Å². The fourth-order valence-corrected chi connectivity index (χ4v) is 3.31. The highest BCUT2D eigenvalue weighted by Gasteiger charge is 2.19. The van der Waals surface area contributed by atoms with Crippen molar-refractivity contribution in [3.63, 3.8) is 0 Å². The molecular formula is C19H15F2N5O2. The molecule has 3 heterocycles. The van der Waals surface area contributed by atoms with Crippen molar-refractivity contribution in [1.82, 2.24) is 24.1 Å². The molecule has 0 spiro atoms. The molecule has 28 heavy (non-hydrogen) atoms. The van der Waals surface area contributed by atoms with Crippen LogP contribution in [0, 0.1) is 13.8 Å². The topological polar surface area (TPSA) is 74.3 Å². The third kappa shape index (κ3) is 2.90. The lowest BCUT2D eigenvalue weighted by Gasteiger charge is -2.08. The van der Waals surface area contributed by atoms with Crippen LogP contribution in [0.1, 0.15) is 11.3 Å². The average Bonchev–Trinajstić information content (AvgIpc) is 2.93. The molecule has 9 heteroatoms. The lowest BCUT2D eigenvalue weighted by molar-refractivity contribution is -0.0498. The first-order valence-corrected chi connectivity index (χ1v) is 8.40. The van der Waals surface area contributed by atoms with Crippen LogP contribution in [0.25, 0.3) is 22.6 Å². The third-order valence-electron chi connectivity index (χ3n) is 4.45. The second kappa shape index (κ2) is 6.84. The highest BCUT2D eigenvalue weighted by atomic mass is 19.3. The Morgan fingerprint density at radius 2 is 1.86 bits per heavy atom. The summed E-state index contributed by atoms with van der Waals surface area (Å²) in [4.78, 5) is 21.1. The fourth-order valence-electron chi connectivity index (χ4n) is 3.31. The molecule has 3 aromatic heterocycles. The van der Waals surface area contributed by atoms with Crippen molar-refractivity contribution in [2.45, 2.75) is 20.5 Å². The van der Waals surface area contributed by atoms with Gasteiger partial charge < -0.3 is 4.74 Å². The Labute approximate surface area is 157 Å². The molecule has 0 N–H and O–H groups in total. The second-order valence-electron chi connectivity index (χ2n) is 6.10. The Bertz CT molecular complexity index is 1220. The highest BCUT2D eigenvalue weighted by Crippen LogP contribution is 2.33. The summed E-state index contributed by atoms with van der Waals surface area (Å²) in [6.45, 7) is 0.726. The predicted molar refractivity (Wildman–Crippen MR) is 97.9 cm³/mol. The summed E-state index contributed by atoms with van der Waals surface area (Å²) in [6.07, 6.45) is 4.60. The van der Waals surface area contributed by atoms with Gasteiger partial charge in [0.1, 0.15) is 5.75 Å². The first-order valence-electron chi connectivity index (χ1n) is 8.40. The lowest BCUT2D eigenvalue weighted by Crippen LogP contribution is -2.29. The van der Waals surface area contributed by atoms with E-state index in [1.807, 2.05) is 6.92 Å². The zero-order valence-electron chi connectivity index (χ0n) is 15.0. The van der Waals surface area contributed by atoms with Crippen molar-refractivity contribution in [3.05, 3.63) is 70.7 Å². The van der Waals surface area contributed by atoms with Crippen LogP contribution >= 0.6 is 0 Å². The molecule has 0 amide bonds. The van der Waals surface area contributed by atoms with E-state index in [-0.39, 0.29) is 11.7 Å². The molecule has 0 saturated heterocycles. The van der Waals surface area contributed by atoms with E-state index in [1.54, 1.807) is 31.3 Å². The number of halogens is 2. The number of ether oxygens (including phenoxy) is 1. The fraction of sp³-hybridized carbons (Fsp3) is 0.158. The van der Waals surface area contributed by atoms with Crippen LogP contribution in [0.15, 0.2) is 53.7 Å². The zero-order valence-corrected chi connectivity index (χ0v) is 15.0. The molecule has 0 aliphatic carbocycles. The Balaban J connectivity index is 1.92. The smallest absolute Gasteiger partial charge is 0.387 e. The molecule has 4 rings (SSSR count). The van der Waals surface area contributed by atoms with E-state index < -0.39 is 12.3 Å². The van der Waals surface area contributed by atoms with E-state index in [0.29, 0.717) is 16.8 Å². The van der Waals surface area contributed by atoms with Crippen LogP contribution in [0.4, 0.5) is 8.78 Å². The van der Waals surface area contributed by atoms with Gasteiger partial charge in [0, 0.05) is 23.7 Å². The van der Waals surface area contributed by atoms with Crippen molar-refractivity contribution in [3.8, 4) is 22.8 Å². The van der Waals surface area contributed by atoms with Gasteiger partial charge in [-0.1, -0.05) is 12.1 Å². The Morgan fingerprint density at radius 3 is 2.57 bits per heavy atom. The van der Waals surface area contributed by atoms with E-state index in [2.05, 4.69) is 19.8 Å². The van der Waals surface area contributed by atoms with Crippen LogP contribution in [0.5, 0.6) is 5.75 Å². The molecular weight excluding hydrogens is 368 g/mol. The van der Waals surface area contributed by atoms with E-state index in [4.69, 9.17) is 0 Å². The Kier molecular flexibility index (Phi) is 4.34. The second-order valence-corrected chi connectivity index (χ2v) is 6.10. The van der Waals surface area contributed by atoms with E-state index in [9.17, 15) is 13.6 Å². The average molecular weight is 383 g/mol. The number of nitrogens with zero attached hydrogens (tertiary/aromatic N) is 5. The van der Waals surface area contributed by atoms with Gasteiger partial charge in [-0.3, -0.25) is 4.40 Å². The molecule has 0 saturated carbocycles. The van der Waals surface area contributed by atoms with Crippen LogP contribution in [-0.2, 0) is 0 Å². The van der Waals surface area contributed by atoms with Gasteiger partial charge in [0.25, 0.3) is 5.95 Å². The molecule has 4 aromatic rings. The Hall–Kier alpha value is -3.62. The monoisotopic (exact) mass is 383 g/mol. The molecule has 0 atom stereocenters. The lowest BCUT2D eigenvalue weighted by atomic mass is 10.0. The summed E-state index contributed by atoms with van der Waals surface area (Å²) in [6, 6.07) is 8.03. The molecule has 0 unspecified atom stereocenters. The number of hydrogen-bond acceptors (Lipinski definition) is 5. The van der Waals surface area contributed by atoms with Gasteiger partial charge in [-0.25, -0.2) is 14.8 Å². The minimum absolute atomic E-state index is 0.0507. The summed E-state index contributed by atoms with van der Waals surface area (Å²) in [5, 5.41) is 4.18. The maximum atomic E-state index is 13.0. The number of alkyl halides is 2. The molecule has 0 aliphatic heterocycles. The Morgan fingerprint density at radius 1 is 1.11 bits per heavy atom. The standard InChI is InChI=1S/C19H15F2N5O2/c1-11-15-10-24-26(18-22-7-4-8-23-18)19(27)25(15)12(2)16(11)13-5-3-6-14(9-13)28-17(20)21/h3-10,17H,1-2H3. The summed E-state index contributed by atoms with van der Waals surface area (Å²) in [5.41, 5.74) is 3.07. The molecule has 7 nitrogen and oxygen atoms in total. The molecule has 0 fully saturated rings. The van der Waals surface area contributed by atoms with Gasteiger partial charge in [0.15, 0.2) is 0 Å². The SMILES string of the molecule is Cc1c(-c2cccc(OC(F)F)c2)c(C)n2c(=O)n(-c3ncccn3)ncc12. The predicted octanol–water partition coefficient (Wildman–Crippen LogP) is 3.16. The minimum atomic E-state index is -2.91. The van der Waals surface area contributed by atoms with E-state index in [1.165, 1.54) is 28.9 Å². The van der Waals surface area contributed by atoms with E-state index in [0.717, 1.165) is 15.8 Å². The van der Waals surface area contributed by atoms with Crippen LogP contribution < -0.4 is 10.4 Å². The minimum Gasteiger partial charge on any atom is -0.435 e. The maximum absolute atomic E-state index is 13.0. The number of rotatable bonds is 4. The van der Waals surface area contributed by atoms with Crippen LogP contribution in [0.3, 0.4) is 0 Å². The number of benzene rings is 1. The van der Waals surface area contributed by atoms with Gasteiger partial charge in [0.2, 0.25) is 0 Å². The highest BCUT2D eigenvalue weighted by molar-refractivity contribution is 5.79. The summed E-state index contributed by atoms with van der Waals surface area (Å²) < 4.78 is 32.2. The van der Waals surface area contributed by atoms with Crippen LogP contribution in [-0.4, -0.2) is 30.8 Å². The van der Waals surface area contributed by atoms with Gasteiger partial charge >= 0.3 is 12.3 Å². The zero-order chi connectivity index (χ0) is 19.8. The number of aryl methyl sites for hydroxylation is 2. The van der Waals surface area contributed by atoms with Gasteiger partial charge in [0.05, 0.1) is 11.7 Å². The normalized spacial score (nSPS) is 11.3. The largest absolute Gasteiger partial charge is 0.435 e.